The summed E-state index contributed by atoms with van der Waals surface area (Å²) in [7, 11) is 0. The molecule has 0 unspecified atom stereocenters. The molecule has 1 atom stereocenters. The summed E-state index contributed by atoms with van der Waals surface area (Å²) in [6.45, 7) is 3.82. The summed E-state index contributed by atoms with van der Waals surface area (Å²) in [5.74, 6) is 0.448. The molecule has 3 aromatic carbocycles. The lowest BCUT2D eigenvalue weighted by atomic mass is 9.96. The molecular formula is C32H24N2O4S2. The van der Waals surface area contributed by atoms with E-state index in [1.807, 2.05) is 67.6 Å². The van der Waals surface area contributed by atoms with E-state index in [1.165, 1.54) is 28.7 Å². The third kappa shape index (κ3) is 5.23. The Hall–Kier alpha value is -4.40. The number of hydrogen-bond donors (Lipinski definition) is 0. The number of thiazole rings is 1. The van der Waals surface area contributed by atoms with Gasteiger partial charge in [0.15, 0.2) is 9.89 Å². The van der Waals surface area contributed by atoms with Gasteiger partial charge in [-0.15, -0.1) is 0 Å². The first-order valence-electron chi connectivity index (χ1n) is 12.7. The van der Waals surface area contributed by atoms with E-state index in [0.29, 0.717) is 32.1 Å². The number of nitrogens with zero attached hydrogens (tertiary/aromatic N) is 2. The summed E-state index contributed by atoms with van der Waals surface area (Å²) in [5.41, 5.74) is 2.57. The van der Waals surface area contributed by atoms with Gasteiger partial charge in [-0.3, -0.25) is 9.36 Å². The van der Waals surface area contributed by atoms with E-state index < -0.39 is 12.0 Å². The van der Waals surface area contributed by atoms with E-state index in [1.54, 1.807) is 41.8 Å². The molecule has 6 nitrogen and oxygen atoms in total. The Morgan fingerprint density at radius 1 is 0.950 bits per heavy atom. The summed E-state index contributed by atoms with van der Waals surface area (Å²) >= 11 is 2.78. The number of carbonyl (C=O) groups is 1. The summed E-state index contributed by atoms with van der Waals surface area (Å²) < 4.78 is 13.8. The van der Waals surface area contributed by atoms with E-state index in [4.69, 9.17) is 9.15 Å². The SMILES string of the molecule is CC1=C(C(=O)Oc2ccccc2)[C@H](c2ccccc2)n2c(s/c(=C\c3ccc(Sc4ccc(C)cc4)o3)c2=O)=N1. The van der Waals surface area contributed by atoms with Gasteiger partial charge in [0, 0.05) is 11.0 Å². The lowest BCUT2D eigenvalue weighted by Gasteiger charge is -2.24. The van der Waals surface area contributed by atoms with Crippen LogP contribution in [0.5, 0.6) is 5.75 Å². The van der Waals surface area contributed by atoms with Crippen molar-refractivity contribution >= 4 is 35.1 Å². The molecule has 8 heteroatoms. The van der Waals surface area contributed by atoms with Crippen LogP contribution in [0, 0.1) is 6.92 Å². The number of allylic oxidation sites excluding steroid dienone is 1. The van der Waals surface area contributed by atoms with Gasteiger partial charge in [-0.25, -0.2) is 9.79 Å². The van der Waals surface area contributed by atoms with Crippen molar-refractivity contribution in [2.45, 2.75) is 29.9 Å². The van der Waals surface area contributed by atoms with Crippen LogP contribution < -0.4 is 19.6 Å². The molecule has 0 saturated heterocycles. The predicted molar refractivity (Wildman–Crippen MR) is 156 cm³/mol. The van der Waals surface area contributed by atoms with E-state index in [9.17, 15) is 9.59 Å². The van der Waals surface area contributed by atoms with Crippen LogP contribution in [0.25, 0.3) is 6.08 Å². The standard InChI is InChI=1S/C32H24N2O4S2/c1-20-13-16-25(17-14-20)39-27-18-15-24(37-27)19-26-30(35)34-29(22-9-5-3-6-10-22)28(21(2)33-32(34)40-26)31(36)38-23-11-7-4-8-12-23/h3-19,29H,1-2H3/b26-19-/t29-/m0/s1. The van der Waals surface area contributed by atoms with Crippen molar-refractivity contribution in [1.82, 2.24) is 4.57 Å². The molecular weight excluding hydrogens is 540 g/mol. The number of rotatable bonds is 6. The quantitative estimate of drug-likeness (QED) is 0.190. The second kappa shape index (κ2) is 11.0. The van der Waals surface area contributed by atoms with Gasteiger partial charge in [0.2, 0.25) is 0 Å². The maximum atomic E-state index is 13.8. The molecule has 0 amide bonds. The van der Waals surface area contributed by atoms with Gasteiger partial charge in [0.1, 0.15) is 11.5 Å². The van der Waals surface area contributed by atoms with Gasteiger partial charge < -0.3 is 9.15 Å². The number of ether oxygens (including phenoxy) is 1. The Labute approximate surface area is 238 Å². The summed E-state index contributed by atoms with van der Waals surface area (Å²) in [4.78, 5) is 33.5. The van der Waals surface area contributed by atoms with Crippen molar-refractivity contribution in [3.05, 3.63) is 145 Å². The Morgan fingerprint density at radius 3 is 2.38 bits per heavy atom. The van der Waals surface area contributed by atoms with Crippen LogP contribution in [0.4, 0.5) is 0 Å². The van der Waals surface area contributed by atoms with Crippen molar-refractivity contribution in [3.63, 3.8) is 0 Å². The fourth-order valence-electron chi connectivity index (χ4n) is 4.50. The molecule has 6 rings (SSSR count). The minimum Gasteiger partial charge on any atom is -0.450 e. The lowest BCUT2D eigenvalue weighted by molar-refractivity contribution is -0.130. The van der Waals surface area contributed by atoms with Gasteiger partial charge in [-0.2, -0.15) is 0 Å². The third-order valence-corrected chi connectivity index (χ3v) is 8.34. The molecule has 2 aromatic heterocycles. The molecule has 0 fully saturated rings. The second-order valence-electron chi connectivity index (χ2n) is 9.27. The van der Waals surface area contributed by atoms with E-state index in [0.717, 1.165) is 15.6 Å². The third-order valence-electron chi connectivity index (χ3n) is 6.43. The zero-order chi connectivity index (χ0) is 27.6. The average molecular weight is 565 g/mol. The Balaban J connectivity index is 1.39. The molecule has 3 heterocycles. The fourth-order valence-corrected chi connectivity index (χ4v) is 6.31. The monoisotopic (exact) mass is 564 g/mol. The predicted octanol–water partition coefficient (Wildman–Crippen LogP) is 5.89. The van der Waals surface area contributed by atoms with E-state index >= 15 is 0 Å². The van der Waals surface area contributed by atoms with Gasteiger partial charge in [-0.1, -0.05) is 89.3 Å². The molecule has 1 aliphatic heterocycles. The normalized spacial score (nSPS) is 15.1. The van der Waals surface area contributed by atoms with E-state index in [-0.39, 0.29) is 5.56 Å². The Morgan fingerprint density at radius 2 is 1.65 bits per heavy atom. The van der Waals surface area contributed by atoms with Crippen molar-refractivity contribution in [3.8, 4) is 5.75 Å². The highest BCUT2D eigenvalue weighted by Gasteiger charge is 2.33. The molecule has 1 aliphatic rings. The largest absolute Gasteiger partial charge is 0.450 e. The number of aromatic nitrogens is 1. The van der Waals surface area contributed by atoms with Crippen molar-refractivity contribution in [1.29, 1.82) is 0 Å². The summed E-state index contributed by atoms with van der Waals surface area (Å²) in [6.07, 6.45) is 1.73. The number of hydrogen-bond acceptors (Lipinski definition) is 7. The highest BCUT2D eigenvalue weighted by Crippen LogP contribution is 2.32. The smallest absolute Gasteiger partial charge is 0.343 e. The van der Waals surface area contributed by atoms with Crippen LogP contribution in [0.1, 0.15) is 29.9 Å². The van der Waals surface area contributed by atoms with Gasteiger partial charge in [0.25, 0.3) is 5.56 Å². The average Bonchev–Trinajstić information content (AvgIpc) is 3.53. The Bertz CT molecular complexity index is 1900. The van der Waals surface area contributed by atoms with Crippen LogP contribution in [0.3, 0.4) is 0 Å². The highest BCUT2D eigenvalue weighted by molar-refractivity contribution is 7.99. The van der Waals surface area contributed by atoms with Crippen LogP contribution in [0.15, 0.2) is 133 Å². The maximum Gasteiger partial charge on any atom is 0.343 e. The fraction of sp³-hybridized carbons (Fsp3) is 0.0938. The first-order chi connectivity index (χ1) is 19.5. The highest BCUT2D eigenvalue weighted by atomic mass is 32.2. The zero-order valence-corrected chi connectivity index (χ0v) is 23.4. The number of aryl methyl sites for hydroxylation is 1. The molecule has 40 heavy (non-hydrogen) atoms. The second-order valence-corrected chi connectivity index (χ2v) is 11.4. The minimum atomic E-state index is -0.680. The molecule has 0 radical (unpaired) electrons. The van der Waals surface area contributed by atoms with Gasteiger partial charge in [0.05, 0.1) is 21.8 Å². The summed E-state index contributed by atoms with van der Waals surface area (Å²) in [6, 6.07) is 29.6. The number of carbonyl (C=O) groups excluding carboxylic acids is 1. The molecule has 0 saturated carbocycles. The maximum absolute atomic E-state index is 13.8. The number of benzene rings is 3. The molecule has 0 spiro atoms. The Kier molecular flexibility index (Phi) is 7.11. The lowest BCUT2D eigenvalue weighted by Crippen LogP contribution is -2.40. The number of esters is 1. The first kappa shape index (κ1) is 25.9. The number of furan rings is 1. The van der Waals surface area contributed by atoms with Crippen LogP contribution in [0.2, 0.25) is 0 Å². The van der Waals surface area contributed by atoms with Crippen molar-refractivity contribution in [2.75, 3.05) is 0 Å². The molecule has 198 valence electrons. The van der Waals surface area contributed by atoms with E-state index in [2.05, 4.69) is 17.1 Å². The summed E-state index contributed by atoms with van der Waals surface area (Å²) in [5, 5.41) is 0.729. The first-order valence-corrected chi connectivity index (χ1v) is 14.3. The minimum absolute atomic E-state index is 0.251. The molecule has 0 N–H and O–H groups in total. The van der Waals surface area contributed by atoms with Crippen LogP contribution >= 0.6 is 23.1 Å². The van der Waals surface area contributed by atoms with Crippen LogP contribution in [-0.2, 0) is 4.79 Å². The topological polar surface area (TPSA) is 73.8 Å². The van der Waals surface area contributed by atoms with Crippen molar-refractivity contribution in [2.24, 2.45) is 4.99 Å². The number of para-hydroxylation sites is 1. The van der Waals surface area contributed by atoms with Gasteiger partial charge >= 0.3 is 5.97 Å². The van der Waals surface area contributed by atoms with Gasteiger partial charge in [-0.05, 0) is 55.8 Å². The number of fused-ring (bicyclic) bond motifs is 1. The van der Waals surface area contributed by atoms with Crippen LogP contribution in [-0.4, -0.2) is 10.5 Å². The molecule has 5 aromatic rings. The molecule has 0 aliphatic carbocycles. The van der Waals surface area contributed by atoms with Crippen molar-refractivity contribution < 1.29 is 13.9 Å². The zero-order valence-electron chi connectivity index (χ0n) is 21.7. The molecule has 0 bridgehead atoms.